The molecule has 8 heteroatoms. The van der Waals surface area contributed by atoms with Crippen molar-refractivity contribution in [3.63, 3.8) is 0 Å². The van der Waals surface area contributed by atoms with Crippen LogP contribution in [0.25, 0.3) is 0 Å². The van der Waals surface area contributed by atoms with Crippen LogP contribution in [0.3, 0.4) is 0 Å². The monoisotopic (exact) mass is 393 g/mol. The fraction of sp³-hybridized carbons (Fsp3) is 0.350. The molecule has 0 spiro atoms. The van der Waals surface area contributed by atoms with Crippen LogP contribution in [0, 0.1) is 0 Å². The fourth-order valence-electron chi connectivity index (χ4n) is 2.46. The molecule has 0 atom stereocenters. The SMILES string of the molecule is CCNC(=NCc1cccc(OC(F)F)c1)Nc1ccc(OC)c(OCC)c1. The van der Waals surface area contributed by atoms with E-state index in [-0.39, 0.29) is 5.75 Å². The maximum absolute atomic E-state index is 12.4. The molecular weight excluding hydrogens is 368 g/mol. The third kappa shape index (κ3) is 6.61. The Hall–Kier alpha value is -3.03. The Kier molecular flexibility index (Phi) is 8.33. The molecule has 0 bridgehead atoms. The van der Waals surface area contributed by atoms with Crippen LogP contribution in [-0.4, -0.2) is 32.8 Å². The molecule has 0 saturated heterocycles. The molecule has 28 heavy (non-hydrogen) atoms. The quantitative estimate of drug-likeness (QED) is 0.492. The Labute approximate surface area is 163 Å². The van der Waals surface area contributed by atoms with Gasteiger partial charge in [-0.05, 0) is 43.7 Å². The van der Waals surface area contributed by atoms with E-state index >= 15 is 0 Å². The van der Waals surface area contributed by atoms with E-state index in [1.165, 1.54) is 6.07 Å². The minimum absolute atomic E-state index is 0.108. The molecule has 6 nitrogen and oxygen atoms in total. The van der Waals surface area contributed by atoms with Gasteiger partial charge in [0.05, 0.1) is 20.3 Å². The molecule has 2 aromatic carbocycles. The van der Waals surface area contributed by atoms with Gasteiger partial charge in [0.2, 0.25) is 0 Å². The van der Waals surface area contributed by atoms with Crippen molar-refractivity contribution in [1.82, 2.24) is 5.32 Å². The Morgan fingerprint density at radius 3 is 2.61 bits per heavy atom. The molecule has 0 saturated carbocycles. The summed E-state index contributed by atoms with van der Waals surface area (Å²) in [5.74, 6) is 1.93. The lowest BCUT2D eigenvalue weighted by molar-refractivity contribution is -0.0498. The normalized spacial score (nSPS) is 11.3. The summed E-state index contributed by atoms with van der Waals surface area (Å²) >= 11 is 0. The number of anilines is 1. The van der Waals surface area contributed by atoms with E-state index in [0.29, 0.717) is 37.2 Å². The summed E-state index contributed by atoms with van der Waals surface area (Å²) in [4.78, 5) is 4.50. The minimum Gasteiger partial charge on any atom is -0.493 e. The second-order valence-corrected chi connectivity index (χ2v) is 5.64. The molecule has 0 aliphatic rings. The molecule has 0 aliphatic heterocycles. The van der Waals surface area contributed by atoms with Gasteiger partial charge in [0.25, 0.3) is 0 Å². The van der Waals surface area contributed by atoms with Crippen molar-refractivity contribution in [3.8, 4) is 17.2 Å². The maximum atomic E-state index is 12.4. The number of nitrogens with zero attached hydrogens (tertiary/aromatic N) is 1. The van der Waals surface area contributed by atoms with Gasteiger partial charge in [0.1, 0.15) is 5.75 Å². The highest BCUT2D eigenvalue weighted by Crippen LogP contribution is 2.30. The summed E-state index contributed by atoms with van der Waals surface area (Å²) in [5.41, 5.74) is 1.53. The van der Waals surface area contributed by atoms with Gasteiger partial charge >= 0.3 is 6.61 Å². The third-order valence-electron chi connectivity index (χ3n) is 3.61. The van der Waals surface area contributed by atoms with Gasteiger partial charge < -0.3 is 24.8 Å². The molecular formula is C20H25F2N3O3. The summed E-state index contributed by atoms with van der Waals surface area (Å²) in [6.07, 6.45) is 0. The average Bonchev–Trinajstić information content (AvgIpc) is 2.67. The zero-order valence-corrected chi connectivity index (χ0v) is 16.2. The number of hydrogen-bond donors (Lipinski definition) is 2. The van der Waals surface area contributed by atoms with Crippen LogP contribution in [0.5, 0.6) is 17.2 Å². The van der Waals surface area contributed by atoms with Crippen molar-refractivity contribution in [2.24, 2.45) is 4.99 Å². The second-order valence-electron chi connectivity index (χ2n) is 5.64. The number of guanidine groups is 1. The lowest BCUT2D eigenvalue weighted by Crippen LogP contribution is -2.30. The van der Waals surface area contributed by atoms with Crippen LogP contribution < -0.4 is 24.8 Å². The van der Waals surface area contributed by atoms with Crippen molar-refractivity contribution < 1.29 is 23.0 Å². The van der Waals surface area contributed by atoms with Crippen molar-refractivity contribution in [2.45, 2.75) is 27.0 Å². The van der Waals surface area contributed by atoms with Gasteiger partial charge in [-0.3, -0.25) is 0 Å². The summed E-state index contributed by atoms with van der Waals surface area (Å²) in [6, 6.07) is 12.0. The Balaban J connectivity index is 2.13. The van der Waals surface area contributed by atoms with E-state index in [1.54, 1.807) is 25.3 Å². The predicted molar refractivity (Wildman–Crippen MR) is 106 cm³/mol. The fourth-order valence-corrected chi connectivity index (χ4v) is 2.46. The average molecular weight is 393 g/mol. The topological polar surface area (TPSA) is 64.1 Å². The van der Waals surface area contributed by atoms with Crippen LogP contribution in [0.15, 0.2) is 47.5 Å². The number of alkyl halides is 2. The van der Waals surface area contributed by atoms with Crippen LogP contribution in [0.2, 0.25) is 0 Å². The Morgan fingerprint density at radius 1 is 1.11 bits per heavy atom. The molecule has 0 amide bonds. The summed E-state index contributed by atoms with van der Waals surface area (Å²) in [5, 5.41) is 6.34. The smallest absolute Gasteiger partial charge is 0.387 e. The van der Waals surface area contributed by atoms with Gasteiger partial charge in [-0.15, -0.1) is 0 Å². The van der Waals surface area contributed by atoms with E-state index in [1.807, 2.05) is 32.0 Å². The van der Waals surface area contributed by atoms with Crippen molar-refractivity contribution in [3.05, 3.63) is 48.0 Å². The highest BCUT2D eigenvalue weighted by atomic mass is 19.3. The van der Waals surface area contributed by atoms with Gasteiger partial charge in [-0.2, -0.15) is 8.78 Å². The number of ether oxygens (including phenoxy) is 3. The molecule has 0 unspecified atom stereocenters. The van der Waals surface area contributed by atoms with Crippen molar-refractivity contribution in [1.29, 1.82) is 0 Å². The van der Waals surface area contributed by atoms with E-state index in [9.17, 15) is 8.78 Å². The number of benzene rings is 2. The molecule has 0 aliphatic carbocycles. The Bertz CT molecular complexity index is 785. The maximum Gasteiger partial charge on any atom is 0.387 e. The van der Waals surface area contributed by atoms with Gasteiger partial charge in [-0.1, -0.05) is 12.1 Å². The second kappa shape index (κ2) is 11.0. The summed E-state index contributed by atoms with van der Waals surface area (Å²) < 4.78 is 40.0. The van der Waals surface area contributed by atoms with Gasteiger partial charge in [0, 0.05) is 18.3 Å². The number of nitrogens with one attached hydrogen (secondary N) is 2. The highest BCUT2D eigenvalue weighted by Gasteiger charge is 2.08. The number of halogens is 2. The molecule has 2 N–H and O–H groups in total. The summed E-state index contributed by atoms with van der Waals surface area (Å²) in [7, 11) is 1.59. The van der Waals surface area contributed by atoms with E-state index in [2.05, 4.69) is 20.4 Å². The first-order chi connectivity index (χ1) is 13.5. The molecule has 2 rings (SSSR count). The lowest BCUT2D eigenvalue weighted by Gasteiger charge is -2.14. The van der Waals surface area contributed by atoms with Crippen LogP contribution in [0.4, 0.5) is 14.5 Å². The zero-order valence-electron chi connectivity index (χ0n) is 16.2. The molecule has 0 fully saturated rings. The van der Waals surface area contributed by atoms with E-state index in [0.717, 1.165) is 11.3 Å². The molecule has 0 aromatic heterocycles. The van der Waals surface area contributed by atoms with Crippen LogP contribution in [0.1, 0.15) is 19.4 Å². The van der Waals surface area contributed by atoms with Crippen molar-refractivity contribution in [2.75, 3.05) is 25.6 Å². The first-order valence-electron chi connectivity index (χ1n) is 8.95. The largest absolute Gasteiger partial charge is 0.493 e. The van der Waals surface area contributed by atoms with Crippen LogP contribution in [-0.2, 0) is 6.54 Å². The number of methoxy groups -OCH3 is 1. The third-order valence-corrected chi connectivity index (χ3v) is 3.61. The molecule has 2 aromatic rings. The number of rotatable bonds is 9. The lowest BCUT2D eigenvalue weighted by atomic mass is 10.2. The van der Waals surface area contributed by atoms with Gasteiger partial charge in [0.15, 0.2) is 17.5 Å². The van der Waals surface area contributed by atoms with E-state index in [4.69, 9.17) is 9.47 Å². The standard InChI is InChI=1S/C20H25F2N3O3/c1-4-23-20(24-13-14-7-6-8-16(11-14)28-19(21)22)25-15-9-10-17(26-3)18(12-15)27-5-2/h6-12,19H,4-5,13H2,1-3H3,(H2,23,24,25). The Morgan fingerprint density at radius 2 is 1.93 bits per heavy atom. The first kappa shape index (κ1) is 21.3. The van der Waals surface area contributed by atoms with Gasteiger partial charge in [-0.25, -0.2) is 4.99 Å². The number of aliphatic imine (C=N–C) groups is 1. The molecule has 0 heterocycles. The van der Waals surface area contributed by atoms with Crippen molar-refractivity contribution >= 4 is 11.6 Å². The first-order valence-corrected chi connectivity index (χ1v) is 8.95. The predicted octanol–water partition coefficient (Wildman–Crippen LogP) is 4.27. The number of hydrogen-bond acceptors (Lipinski definition) is 4. The van der Waals surface area contributed by atoms with Crippen LogP contribution >= 0.6 is 0 Å². The molecule has 152 valence electrons. The molecule has 0 radical (unpaired) electrons. The highest BCUT2D eigenvalue weighted by molar-refractivity contribution is 5.93. The minimum atomic E-state index is -2.85. The summed E-state index contributed by atoms with van der Waals surface area (Å²) in [6.45, 7) is 2.47. The zero-order chi connectivity index (χ0) is 20.4. The van der Waals surface area contributed by atoms with E-state index < -0.39 is 6.61 Å².